The molecule has 1 nitrogen and oxygen atoms in total. The maximum atomic E-state index is 11.8. The van der Waals surface area contributed by atoms with Crippen LogP contribution in [0.2, 0.25) is 5.02 Å². The van der Waals surface area contributed by atoms with E-state index in [1.54, 1.807) is 6.07 Å². The van der Waals surface area contributed by atoms with E-state index in [9.17, 15) is 13.2 Å². The third-order valence-electron chi connectivity index (χ3n) is 1.41. The summed E-state index contributed by atoms with van der Waals surface area (Å²) < 4.78 is 36.2. The highest BCUT2D eigenvalue weighted by Crippen LogP contribution is 2.26. The van der Waals surface area contributed by atoms with Crippen LogP contribution in [0.4, 0.5) is 18.9 Å². The molecular formula is C8H6BrClF3N. The second-order valence-electron chi connectivity index (χ2n) is 2.59. The number of benzene rings is 1. The van der Waals surface area contributed by atoms with Crippen LogP contribution in [-0.4, -0.2) is 12.7 Å². The van der Waals surface area contributed by atoms with Crippen LogP contribution in [-0.2, 0) is 0 Å². The first-order valence-electron chi connectivity index (χ1n) is 3.64. The molecule has 0 unspecified atom stereocenters. The smallest absolute Gasteiger partial charge is 0.375 e. The number of hydrogen-bond acceptors (Lipinski definition) is 1. The number of anilines is 1. The topological polar surface area (TPSA) is 12.0 Å². The van der Waals surface area contributed by atoms with Crippen molar-refractivity contribution >= 4 is 33.2 Å². The normalized spacial score (nSPS) is 11.5. The van der Waals surface area contributed by atoms with Crippen LogP contribution in [0.5, 0.6) is 0 Å². The van der Waals surface area contributed by atoms with E-state index in [0.29, 0.717) is 0 Å². The van der Waals surface area contributed by atoms with Crippen LogP contribution in [0.1, 0.15) is 0 Å². The molecule has 0 aliphatic heterocycles. The lowest BCUT2D eigenvalue weighted by molar-refractivity contribution is -0.115. The molecule has 0 radical (unpaired) electrons. The van der Waals surface area contributed by atoms with E-state index in [-0.39, 0.29) is 10.7 Å². The Morgan fingerprint density at radius 2 is 2.00 bits per heavy atom. The highest BCUT2D eigenvalue weighted by Gasteiger charge is 2.26. The fourth-order valence-electron chi connectivity index (χ4n) is 0.828. The Morgan fingerprint density at radius 1 is 1.36 bits per heavy atom. The predicted molar refractivity (Wildman–Crippen MR) is 53.7 cm³/mol. The molecule has 78 valence electrons. The maximum absolute atomic E-state index is 11.8. The molecular weight excluding hydrogens is 282 g/mol. The van der Waals surface area contributed by atoms with Crippen molar-refractivity contribution in [3.05, 3.63) is 27.7 Å². The Hall–Kier alpha value is -0.420. The molecule has 0 spiro atoms. The van der Waals surface area contributed by atoms with Crippen molar-refractivity contribution in [3.8, 4) is 0 Å². The first-order chi connectivity index (χ1) is 6.38. The molecule has 1 N–H and O–H groups in total. The lowest BCUT2D eigenvalue weighted by Crippen LogP contribution is -2.21. The summed E-state index contributed by atoms with van der Waals surface area (Å²) in [4.78, 5) is 0. The Labute approximate surface area is 92.4 Å². The molecule has 1 aromatic carbocycles. The molecule has 0 aliphatic carbocycles. The Morgan fingerprint density at radius 3 is 2.50 bits per heavy atom. The number of rotatable bonds is 2. The van der Waals surface area contributed by atoms with E-state index < -0.39 is 12.7 Å². The van der Waals surface area contributed by atoms with Crippen molar-refractivity contribution in [2.45, 2.75) is 6.18 Å². The highest BCUT2D eigenvalue weighted by atomic mass is 79.9. The lowest BCUT2D eigenvalue weighted by atomic mass is 10.3. The highest BCUT2D eigenvalue weighted by molar-refractivity contribution is 9.10. The Bertz CT molecular complexity index is 327. The van der Waals surface area contributed by atoms with Gasteiger partial charge in [-0.15, -0.1) is 0 Å². The summed E-state index contributed by atoms with van der Waals surface area (Å²) in [5.74, 6) is 0. The molecule has 1 rings (SSSR count). The quantitative estimate of drug-likeness (QED) is 0.865. The minimum atomic E-state index is -4.24. The van der Waals surface area contributed by atoms with Crippen molar-refractivity contribution in [2.24, 2.45) is 0 Å². The second kappa shape index (κ2) is 4.40. The first kappa shape index (κ1) is 11.7. The lowest BCUT2D eigenvalue weighted by Gasteiger charge is -2.10. The summed E-state index contributed by atoms with van der Waals surface area (Å²) in [6.45, 7) is -1.09. The van der Waals surface area contributed by atoms with Crippen molar-refractivity contribution in [2.75, 3.05) is 11.9 Å². The van der Waals surface area contributed by atoms with E-state index >= 15 is 0 Å². The summed E-state index contributed by atoms with van der Waals surface area (Å²) in [7, 11) is 0. The van der Waals surface area contributed by atoms with E-state index in [4.69, 9.17) is 11.6 Å². The molecule has 0 bridgehead atoms. The van der Waals surface area contributed by atoms with Crippen LogP contribution in [0.15, 0.2) is 22.7 Å². The van der Waals surface area contributed by atoms with Gasteiger partial charge in [0.2, 0.25) is 0 Å². The van der Waals surface area contributed by atoms with Gasteiger partial charge in [-0.3, -0.25) is 0 Å². The number of alkyl halides is 3. The van der Waals surface area contributed by atoms with Gasteiger partial charge in [-0.2, -0.15) is 13.2 Å². The van der Waals surface area contributed by atoms with Gasteiger partial charge in [0.1, 0.15) is 6.54 Å². The molecule has 0 heterocycles. The van der Waals surface area contributed by atoms with Crippen molar-refractivity contribution in [1.29, 1.82) is 0 Å². The monoisotopic (exact) mass is 287 g/mol. The van der Waals surface area contributed by atoms with E-state index in [1.165, 1.54) is 12.1 Å². The fourth-order valence-corrected chi connectivity index (χ4v) is 1.57. The Balaban J connectivity index is 2.68. The van der Waals surface area contributed by atoms with Gasteiger partial charge in [-0.25, -0.2) is 0 Å². The third-order valence-corrected chi connectivity index (χ3v) is 2.22. The largest absolute Gasteiger partial charge is 0.405 e. The van der Waals surface area contributed by atoms with Crippen molar-refractivity contribution < 1.29 is 13.2 Å². The maximum Gasteiger partial charge on any atom is 0.405 e. The van der Waals surface area contributed by atoms with Crippen LogP contribution < -0.4 is 5.32 Å². The number of halogens is 5. The van der Waals surface area contributed by atoms with Gasteiger partial charge in [0.15, 0.2) is 0 Å². The van der Waals surface area contributed by atoms with Crippen molar-refractivity contribution in [1.82, 2.24) is 0 Å². The van der Waals surface area contributed by atoms with Crippen LogP contribution >= 0.6 is 27.5 Å². The van der Waals surface area contributed by atoms with Gasteiger partial charge >= 0.3 is 6.18 Å². The van der Waals surface area contributed by atoms with Gasteiger partial charge in [-0.05, 0) is 18.2 Å². The van der Waals surface area contributed by atoms with E-state index in [2.05, 4.69) is 21.2 Å². The SMILES string of the molecule is FC(F)(F)CNc1ccc(Br)cc1Cl. The average Bonchev–Trinajstić information content (AvgIpc) is 2.00. The summed E-state index contributed by atoms with van der Waals surface area (Å²) in [6.07, 6.45) is -4.24. The molecule has 0 saturated heterocycles. The molecule has 0 saturated carbocycles. The van der Waals surface area contributed by atoms with E-state index in [0.717, 1.165) is 4.47 Å². The van der Waals surface area contributed by atoms with Gasteiger partial charge < -0.3 is 5.32 Å². The minimum Gasteiger partial charge on any atom is -0.375 e. The third kappa shape index (κ3) is 3.75. The Kier molecular flexibility index (Phi) is 3.66. The van der Waals surface area contributed by atoms with Gasteiger partial charge in [0, 0.05) is 4.47 Å². The standard InChI is InChI=1S/C8H6BrClF3N/c9-5-1-2-7(6(10)3-5)14-4-8(11,12)13/h1-3,14H,4H2. The average molecular weight is 288 g/mol. The molecule has 14 heavy (non-hydrogen) atoms. The number of nitrogens with one attached hydrogen (secondary N) is 1. The van der Waals surface area contributed by atoms with E-state index in [1.807, 2.05) is 0 Å². The summed E-state index contributed by atoms with van der Waals surface area (Å²) >= 11 is 8.85. The molecule has 0 aliphatic rings. The second-order valence-corrected chi connectivity index (χ2v) is 3.92. The number of hydrogen-bond donors (Lipinski definition) is 1. The van der Waals surface area contributed by atoms with Crippen LogP contribution in [0, 0.1) is 0 Å². The molecule has 0 amide bonds. The van der Waals surface area contributed by atoms with Crippen molar-refractivity contribution in [3.63, 3.8) is 0 Å². The van der Waals surface area contributed by atoms with Gasteiger partial charge in [-0.1, -0.05) is 27.5 Å². The first-order valence-corrected chi connectivity index (χ1v) is 4.81. The predicted octanol–water partition coefficient (Wildman–Crippen LogP) is 4.08. The summed E-state index contributed by atoms with van der Waals surface area (Å²) in [5.41, 5.74) is 0.271. The van der Waals surface area contributed by atoms with Gasteiger partial charge in [0.25, 0.3) is 0 Å². The molecule has 0 atom stereocenters. The summed E-state index contributed by atoms with van der Waals surface area (Å²) in [6, 6.07) is 4.63. The van der Waals surface area contributed by atoms with Crippen LogP contribution in [0.3, 0.4) is 0 Å². The summed E-state index contributed by atoms with van der Waals surface area (Å²) in [5, 5.41) is 2.46. The zero-order chi connectivity index (χ0) is 10.8. The molecule has 1 aromatic rings. The fraction of sp³-hybridized carbons (Fsp3) is 0.250. The molecule has 0 aromatic heterocycles. The molecule has 6 heteroatoms. The van der Waals surface area contributed by atoms with Gasteiger partial charge in [0.05, 0.1) is 10.7 Å². The zero-order valence-electron chi connectivity index (χ0n) is 6.83. The zero-order valence-corrected chi connectivity index (χ0v) is 9.17. The van der Waals surface area contributed by atoms with Crippen LogP contribution in [0.25, 0.3) is 0 Å². The molecule has 0 fully saturated rings. The minimum absolute atomic E-state index is 0.253.